The third-order valence-corrected chi connectivity index (χ3v) is 3.81. The van der Waals surface area contributed by atoms with Crippen LogP contribution in [0.3, 0.4) is 0 Å². The molecule has 0 N–H and O–H groups in total. The third-order valence-electron chi connectivity index (χ3n) is 3.81. The van der Waals surface area contributed by atoms with Crippen LogP contribution in [0.4, 0.5) is 0 Å². The summed E-state index contributed by atoms with van der Waals surface area (Å²) in [6.07, 6.45) is 1.66. The Balaban J connectivity index is 2.20. The van der Waals surface area contributed by atoms with Gasteiger partial charge in [0.25, 0.3) is 5.91 Å². The Morgan fingerprint density at radius 3 is 2.48 bits per heavy atom. The minimum absolute atomic E-state index is 0.0163. The van der Waals surface area contributed by atoms with Gasteiger partial charge in [0.2, 0.25) is 0 Å². The third kappa shape index (κ3) is 2.84. The Morgan fingerprint density at radius 1 is 1.24 bits per heavy atom. The number of carbonyl (C=O) groups is 1. The second-order valence-corrected chi connectivity index (χ2v) is 5.16. The summed E-state index contributed by atoms with van der Waals surface area (Å²) in [5, 5.41) is 8.65. The number of aromatic nitrogens is 4. The molecule has 0 saturated heterocycles. The van der Waals surface area contributed by atoms with E-state index in [4.69, 9.17) is 0 Å². The van der Waals surface area contributed by atoms with E-state index in [1.54, 1.807) is 21.8 Å². The lowest BCUT2D eigenvalue weighted by molar-refractivity contribution is 0.0772. The molecule has 1 amide bonds. The Labute approximate surface area is 125 Å². The molecule has 0 radical (unpaired) electrons. The molecule has 0 atom stereocenters. The molecule has 0 spiro atoms. The molecular weight excluding hydrogens is 266 g/mol. The van der Waals surface area contributed by atoms with E-state index in [1.807, 2.05) is 32.5 Å². The summed E-state index contributed by atoms with van der Waals surface area (Å²) in [7, 11) is 1.82. The summed E-state index contributed by atoms with van der Waals surface area (Å²) < 4.78 is 3.69. The van der Waals surface area contributed by atoms with Gasteiger partial charge in [-0.3, -0.25) is 14.2 Å². The van der Waals surface area contributed by atoms with E-state index in [9.17, 15) is 4.79 Å². The molecule has 6 heteroatoms. The van der Waals surface area contributed by atoms with E-state index in [2.05, 4.69) is 17.1 Å². The smallest absolute Gasteiger partial charge is 0.272 e. The molecule has 0 fully saturated rings. The molecule has 0 aromatic carbocycles. The molecule has 0 aliphatic carbocycles. The summed E-state index contributed by atoms with van der Waals surface area (Å²) in [6, 6.07) is 1.76. The van der Waals surface area contributed by atoms with Gasteiger partial charge in [0, 0.05) is 44.1 Å². The molecule has 6 nitrogen and oxygen atoms in total. The number of carbonyl (C=O) groups excluding carboxylic acids is 1. The normalized spacial score (nSPS) is 10.9. The molecule has 0 aliphatic heterocycles. The van der Waals surface area contributed by atoms with Crippen LogP contribution in [0.1, 0.15) is 41.3 Å². The van der Waals surface area contributed by atoms with Gasteiger partial charge in [-0.15, -0.1) is 0 Å². The van der Waals surface area contributed by atoms with Crippen molar-refractivity contribution in [2.24, 2.45) is 0 Å². The van der Waals surface area contributed by atoms with Crippen LogP contribution >= 0.6 is 0 Å². The summed E-state index contributed by atoms with van der Waals surface area (Å²) in [4.78, 5) is 14.2. The van der Waals surface area contributed by atoms with Gasteiger partial charge in [-0.1, -0.05) is 0 Å². The van der Waals surface area contributed by atoms with Crippen molar-refractivity contribution in [1.82, 2.24) is 24.5 Å². The fourth-order valence-corrected chi connectivity index (χ4v) is 2.54. The predicted molar refractivity (Wildman–Crippen MR) is 81.1 cm³/mol. The first kappa shape index (κ1) is 15.3. The fourth-order valence-electron chi connectivity index (χ4n) is 2.54. The van der Waals surface area contributed by atoms with Crippen molar-refractivity contribution in [3.8, 4) is 0 Å². The van der Waals surface area contributed by atoms with Crippen LogP contribution in [0.15, 0.2) is 12.3 Å². The van der Waals surface area contributed by atoms with E-state index in [0.29, 0.717) is 18.8 Å². The van der Waals surface area contributed by atoms with Crippen molar-refractivity contribution in [2.45, 2.75) is 47.3 Å². The highest BCUT2D eigenvalue weighted by Crippen LogP contribution is 2.16. The molecule has 0 unspecified atom stereocenters. The quantitative estimate of drug-likeness (QED) is 0.846. The van der Waals surface area contributed by atoms with Gasteiger partial charge in [-0.2, -0.15) is 10.2 Å². The maximum Gasteiger partial charge on any atom is 0.272 e. The fraction of sp³-hybridized carbons (Fsp3) is 0.533. The Hall–Kier alpha value is -2.11. The summed E-state index contributed by atoms with van der Waals surface area (Å²) in [5.41, 5.74) is 3.85. The SMILES string of the molecule is CCn1nccc1C(=O)N(C)Cc1c(C)nn(CC)c1C. The molecule has 0 saturated carbocycles. The zero-order chi connectivity index (χ0) is 15.6. The van der Waals surface area contributed by atoms with Crippen LogP contribution in [0.2, 0.25) is 0 Å². The van der Waals surface area contributed by atoms with Crippen LogP contribution in [0.5, 0.6) is 0 Å². The molecule has 0 aliphatic rings. The number of amides is 1. The lowest BCUT2D eigenvalue weighted by atomic mass is 10.2. The minimum Gasteiger partial charge on any atom is -0.336 e. The van der Waals surface area contributed by atoms with Crippen molar-refractivity contribution in [1.29, 1.82) is 0 Å². The zero-order valence-electron chi connectivity index (χ0n) is 13.4. The number of aryl methyl sites for hydroxylation is 3. The van der Waals surface area contributed by atoms with Crippen molar-refractivity contribution >= 4 is 5.91 Å². The molecule has 2 aromatic heterocycles. The second-order valence-electron chi connectivity index (χ2n) is 5.16. The second kappa shape index (κ2) is 6.11. The van der Waals surface area contributed by atoms with Gasteiger partial charge in [0.1, 0.15) is 5.69 Å². The van der Waals surface area contributed by atoms with E-state index >= 15 is 0 Å². The monoisotopic (exact) mass is 289 g/mol. The maximum absolute atomic E-state index is 12.5. The van der Waals surface area contributed by atoms with Crippen LogP contribution in [0, 0.1) is 13.8 Å². The van der Waals surface area contributed by atoms with E-state index in [0.717, 1.165) is 23.5 Å². The van der Waals surface area contributed by atoms with Crippen LogP contribution < -0.4 is 0 Å². The van der Waals surface area contributed by atoms with Crippen molar-refractivity contribution in [3.05, 3.63) is 34.9 Å². The molecule has 2 rings (SSSR count). The first-order chi connectivity index (χ1) is 9.99. The van der Waals surface area contributed by atoms with Crippen LogP contribution in [-0.2, 0) is 19.6 Å². The highest BCUT2D eigenvalue weighted by atomic mass is 16.2. The average molecular weight is 289 g/mol. The standard InChI is InChI=1S/C15H23N5O/c1-6-19-12(4)13(11(3)17-19)10-18(5)15(21)14-8-9-16-20(14)7-2/h8-9H,6-7,10H2,1-5H3. The molecule has 114 valence electrons. The Morgan fingerprint density at radius 2 is 1.90 bits per heavy atom. The lowest BCUT2D eigenvalue weighted by Gasteiger charge is -2.18. The molecule has 0 bridgehead atoms. The van der Waals surface area contributed by atoms with E-state index < -0.39 is 0 Å². The Kier molecular flexibility index (Phi) is 4.45. The van der Waals surface area contributed by atoms with Gasteiger partial charge < -0.3 is 4.90 Å². The van der Waals surface area contributed by atoms with Gasteiger partial charge in [0.15, 0.2) is 0 Å². The first-order valence-corrected chi connectivity index (χ1v) is 7.29. The summed E-state index contributed by atoms with van der Waals surface area (Å²) in [6.45, 7) is 10.2. The zero-order valence-corrected chi connectivity index (χ0v) is 13.4. The maximum atomic E-state index is 12.5. The molecular formula is C15H23N5O. The molecule has 2 aromatic rings. The van der Waals surface area contributed by atoms with Gasteiger partial charge in [0.05, 0.1) is 5.69 Å². The van der Waals surface area contributed by atoms with Gasteiger partial charge in [-0.25, -0.2) is 0 Å². The van der Waals surface area contributed by atoms with Crippen molar-refractivity contribution < 1.29 is 4.79 Å². The van der Waals surface area contributed by atoms with E-state index in [1.165, 1.54) is 0 Å². The first-order valence-electron chi connectivity index (χ1n) is 7.29. The Bertz CT molecular complexity index is 641. The van der Waals surface area contributed by atoms with E-state index in [-0.39, 0.29) is 5.91 Å². The van der Waals surface area contributed by atoms with Gasteiger partial charge in [-0.05, 0) is 33.8 Å². The molecule has 2 heterocycles. The number of nitrogens with zero attached hydrogens (tertiary/aromatic N) is 5. The highest BCUT2D eigenvalue weighted by Gasteiger charge is 2.19. The topological polar surface area (TPSA) is 56.0 Å². The average Bonchev–Trinajstić information content (AvgIpc) is 3.05. The number of hydrogen-bond donors (Lipinski definition) is 0. The summed E-state index contributed by atoms with van der Waals surface area (Å²) >= 11 is 0. The molecule has 21 heavy (non-hydrogen) atoms. The summed E-state index contributed by atoms with van der Waals surface area (Å²) in [5.74, 6) is -0.0163. The number of hydrogen-bond acceptors (Lipinski definition) is 3. The van der Waals surface area contributed by atoms with Gasteiger partial charge >= 0.3 is 0 Å². The lowest BCUT2D eigenvalue weighted by Crippen LogP contribution is -2.29. The van der Waals surface area contributed by atoms with Crippen molar-refractivity contribution in [3.63, 3.8) is 0 Å². The minimum atomic E-state index is -0.0163. The van der Waals surface area contributed by atoms with Crippen LogP contribution in [-0.4, -0.2) is 37.4 Å². The predicted octanol–water partition coefficient (Wildman–Crippen LogP) is 2.01. The van der Waals surface area contributed by atoms with Crippen molar-refractivity contribution in [2.75, 3.05) is 7.05 Å². The number of rotatable bonds is 5. The highest BCUT2D eigenvalue weighted by molar-refractivity contribution is 5.92. The largest absolute Gasteiger partial charge is 0.336 e. The van der Waals surface area contributed by atoms with Crippen LogP contribution in [0.25, 0.3) is 0 Å².